The van der Waals surface area contributed by atoms with Gasteiger partial charge < -0.3 is 19.8 Å². The fourth-order valence-electron chi connectivity index (χ4n) is 1.49. The van der Waals surface area contributed by atoms with Crippen molar-refractivity contribution in [2.75, 3.05) is 19.7 Å². The SMILES string of the molecule is C=CCOC(=O)N1CCC(O)(C(=O)O)CC1. The van der Waals surface area contributed by atoms with E-state index in [1.165, 1.54) is 11.0 Å². The van der Waals surface area contributed by atoms with Gasteiger partial charge in [-0.15, -0.1) is 0 Å². The Labute approximate surface area is 93.1 Å². The van der Waals surface area contributed by atoms with Gasteiger partial charge in [0, 0.05) is 25.9 Å². The monoisotopic (exact) mass is 229 g/mol. The van der Waals surface area contributed by atoms with Gasteiger partial charge in [-0.05, 0) is 0 Å². The van der Waals surface area contributed by atoms with E-state index in [1.807, 2.05) is 0 Å². The zero-order chi connectivity index (χ0) is 12.2. The molecule has 0 radical (unpaired) electrons. The predicted octanol–water partition coefficient (Wildman–Crippen LogP) is 0.220. The summed E-state index contributed by atoms with van der Waals surface area (Å²) in [5, 5.41) is 18.4. The number of aliphatic carboxylic acids is 1. The number of carbonyl (C=O) groups excluding carboxylic acids is 1. The molecule has 1 saturated heterocycles. The second-order valence-electron chi connectivity index (χ2n) is 3.69. The Morgan fingerprint density at radius 3 is 2.44 bits per heavy atom. The van der Waals surface area contributed by atoms with Crippen LogP contribution in [0.3, 0.4) is 0 Å². The van der Waals surface area contributed by atoms with Crippen LogP contribution in [0.5, 0.6) is 0 Å². The number of nitrogens with zero attached hydrogens (tertiary/aromatic N) is 1. The lowest BCUT2D eigenvalue weighted by molar-refractivity contribution is -0.163. The van der Waals surface area contributed by atoms with Crippen molar-refractivity contribution >= 4 is 12.1 Å². The van der Waals surface area contributed by atoms with E-state index in [4.69, 9.17) is 9.84 Å². The summed E-state index contributed by atoms with van der Waals surface area (Å²) in [6, 6.07) is 0. The van der Waals surface area contributed by atoms with Crippen LogP contribution in [0.1, 0.15) is 12.8 Å². The van der Waals surface area contributed by atoms with Gasteiger partial charge in [0.1, 0.15) is 6.61 Å². The minimum Gasteiger partial charge on any atom is -0.479 e. The number of amides is 1. The van der Waals surface area contributed by atoms with Crippen LogP contribution in [-0.4, -0.2) is 52.5 Å². The van der Waals surface area contributed by atoms with E-state index in [9.17, 15) is 14.7 Å². The van der Waals surface area contributed by atoms with Crippen molar-refractivity contribution in [2.24, 2.45) is 0 Å². The molecule has 2 N–H and O–H groups in total. The molecule has 1 fully saturated rings. The molecule has 0 saturated carbocycles. The molecule has 90 valence electrons. The van der Waals surface area contributed by atoms with Gasteiger partial charge in [0.2, 0.25) is 0 Å². The zero-order valence-electron chi connectivity index (χ0n) is 8.89. The third-order valence-electron chi connectivity index (χ3n) is 2.57. The summed E-state index contributed by atoms with van der Waals surface area (Å²) in [5.74, 6) is -1.24. The molecular formula is C10H15NO5. The summed E-state index contributed by atoms with van der Waals surface area (Å²) in [4.78, 5) is 23.5. The standard InChI is InChI=1S/C10H15NO5/c1-2-7-16-9(14)11-5-3-10(15,4-6-11)8(12)13/h2,15H,1,3-7H2,(H,12,13). The van der Waals surface area contributed by atoms with Crippen LogP contribution < -0.4 is 0 Å². The zero-order valence-corrected chi connectivity index (χ0v) is 8.89. The minimum absolute atomic E-state index is 0.0194. The highest BCUT2D eigenvalue weighted by atomic mass is 16.6. The highest BCUT2D eigenvalue weighted by Gasteiger charge is 2.40. The molecule has 1 amide bonds. The number of carboxylic acids is 1. The molecule has 0 aromatic carbocycles. The van der Waals surface area contributed by atoms with Crippen LogP contribution in [0, 0.1) is 0 Å². The summed E-state index contributed by atoms with van der Waals surface area (Å²) < 4.78 is 4.80. The van der Waals surface area contributed by atoms with Gasteiger partial charge in [0.15, 0.2) is 5.60 Å². The Kier molecular flexibility index (Phi) is 3.89. The van der Waals surface area contributed by atoms with Gasteiger partial charge in [0.25, 0.3) is 0 Å². The maximum Gasteiger partial charge on any atom is 0.410 e. The largest absolute Gasteiger partial charge is 0.479 e. The summed E-state index contributed by atoms with van der Waals surface area (Å²) >= 11 is 0. The van der Waals surface area contributed by atoms with E-state index in [-0.39, 0.29) is 32.5 Å². The maximum absolute atomic E-state index is 11.4. The third-order valence-corrected chi connectivity index (χ3v) is 2.57. The minimum atomic E-state index is -1.71. The van der Waals surface area contributed by atoms with E-state index >= 15 is 0 Å². The van der Waals surface area contributed by atoms with Crippen LogP contribution >= 0.6 is 0 Å². The van der Waals surface area contributed by atoms with Crippen LogP contribution in [0.2, 0.25) is 0 Å². The molecule has 0 atom stereocenters. The van der Waals surface area contributed by atoms with Crippen LogP contribution in [-0.2, 0) is 9.53 Å². The number of hydrogen-bond acceptors (Lipinski definition) is 4. The molecule has 0 aromatic rings. The van der Waals surface area contributed by atoms with Crippen LogP contribution in [0.15, 0.2) is 12.7 Å². The van der Waals surface area contributed by atoms with E-state index in [1.54, 1.807) is 0 Å². The molecular weight excluding hydrogens is 214 g/mol. The molecule has 0 bridgehead atoms. The number of rotatable bonds is 3. The second-order valence-corrected chi connectivity index (χ2v) is 3.69. The topological polar surface area (TPSA) is 87.1 Å². The molecule has 0 unspecified atom stereocenters. The fraction of sp³-hybridized carbons (Fsp3) is 0.600. The maximum atomic E-state index is 11.4. The van der Waals surface area contributed by atoms with Crippen molar-refractivity contribution in [3.05, 3.63) is 12.7 Å². The summed E-state index contributed by atoms with van der Waals surface area (Å²) in [7, 11) is 0. The number of aliphatic hydroxyl groups is 1. The fourth-order valence-corrected chi connectivity index (χ4v) is 1.49. The number of carbonyl (C=O) groups is 2. The Hall–Kier alpha value is -1.56. The summed E-state index contributed by atoms with van der Waals surface area (Å²) in [6.45, 7) is 3.89. The van der Waals surface area contributed by atoms with Crippen molar-refractivity contribution in [3.8, 4) is 0 Å². The van der Waals surface area contributed by atoms with Gasteiger partial charge >= 0.3 is 12.1 Å². The normalized spacial score (nSPS) is 18.9. The van der Waals surface area contributed by atoms with Crippen molar-refractivity contribution in [2.45, 2.75) is 18.4 Å². The molecule has 6 heteroatoms. The Bertz CT molecular complexity index is 294. The molecule has 1 rings (SSSR count). The van der Waals surface area contributed by atoms with E-state index in [0.717, 1.165) is 0 Å². The molecule has 0 aromatic heterocycles. The first kappa shape index (κ1) is 12.5. The molecule has 6 nitrogen and oxygen atoms in total. The quantitative estimate of drug-likeness (QED) is 0.676. The molecule has 16 heavy (non-hydrogen) atoms. The lowest BCUT2D eigenvalue weighted by Gasteiger charge is -2.34. The second kappa shape index (κ2) is 4.98. The van der Waals surface area contributed by atoms with Crippen molar-refractivity contribution in [1.82, 2.24) is 4.90 Å². The van der Waals surface area contributed by atoms with Crippen molar-refractivity contribution in [1.29, 1.82) is 0 Å². The lowest BCUT2D eigenvalue weighted by Crippen LogP contribution is -2.50. The average molecular weight is 229 g/mol. The Morgan fingerprint density at radius 2 is 2.00 bits per heavy atom. The van der Waals surface area contributed by atoms with Gasteiger partial charge in [-0.2, -0.15) is 0 Å². The number of likely N-dealkylation sites (tertiary alicyclic amines) is 1. The van der Waals surface area contributed by atoms with Crippen LogP contribution in [0.25, 0.3) is 0 Å². The first-order valence-electron chi connectivity index (χ1n) is 4.98. The molecule has 1 heterocycles. The number of piperidine rings is 1. The predicted molar refractivity (Wildman–Crippen MR) is 54.9 cm³/mol. The van der Waals surface area contributed by atoms with E-state index in [0.29, 0.717) is 0 Å². The van der Waals surface area contributed by atoms with Gasteiger partial charge in [0.05, 0.1) is 0 Å². The van der Waals surface area contributed by atoms with Gasteiger partial charge in [-0.1, -0.05) is 12.7 Å². The van der Waals surface area contributed by atoms with Crippen LogP contribution in [0.4, 0.5) is 4.79 Å². The van der Waals surface area contributed by atoms with Gasteiger partial charge in [-0.25, -0.2) is 9.59 Å². The summed E-state index contributed by atoms with van der Waals surface area (Å²) in [5.41, 5.74) is -1.71. The number of hydrogen-bond donors (Lipinski definition) is 2. The van der Waals surface area contributed by atoms with Crippen molar-refractivity contribution in [3.63, 3.8) is 0 Å². The molecule has 1 aliphatic rings. The van der Waals surface area contributed by atoms with Crippen molar-refractivity contribution < 1.29 is 24.5 Å². The Balaban J connectivity index is 2.45. The smallest absolute Gasteiger partial charge is 0.410 e. The average Bonchev–Trinajstić information content (AvgIpc) is 2.26. The lowest BCUT2D eigenvalue weighted by atomic mass is 9.92. The van der Waals surface area contributed by atoms with E-state index in [2.05, 4.69) is 6.58 Å². The Morgan fingerprint density at radius 1 is 1.44 bits per heavy atom. The number of ether oxygens (including phenoxy) is 1. The van der Waals surface area contributed by atoms with E-state index < -0.39 is 17.7 Å². The first-order chi connectivity index (χ1) is 7.49. The highest BCUT2D eigenvalue weighted by molar-refractivity contribution is 5.78. The third kappa shape index (κ3) is 2.73. The summed E-state index contributed by atoms with van der Waals surface area (Å²) in [6.07, 6.45) is 0.985. The molecule has 0 aliphatic carbocycles. The number of carboxylic acid groups (broad SMARTS) is 1. The molecule has 1 aliphatic heterocycles. The highest BCUT2D eigenvalue weighted by Crippen LogP contribution is 2.22. The first-order valence-corrected chi connectivity index (χ1v) is 4.98. The molecule has 0 spiro atoms. The van der Waals surface area contributed by atoms with Gasteiger partial charge in [-0.3, -0.25) is 0 Å².